The zero-order valence-corrected chi connectivity index (χ0v) is 15.0. The van der Waals surface area contributed by atoms with E-state index >= 15 is 0 Å². The van der Waals surface area contributed by atoms with Crippen molar-refractivity contribution >= 4 is 33.5 Å². The molecule has 11 heteroatoms. The van der Waals surface area contributed by atoms with Crippen LogP contribution in [0.25, 0.3) is 0 Å². The number of sulfonamides is 1. The number of hydrogen-bond donors (Lipinski definition) is 1. The minimum Gasteiger partial charge on any atom is -0.867 e. The van der Waals surface area contributed by atoms with Crippen molar-refractivity contribution in [2.24, 2.45) is 5.10 Å². The minimum absolute atomic E-state index is 0.0490. The Morgan fingerprint density at radius 1 is 1.31 bits per heavy atom. The van der Waals surface area contributed by atoms with Crippen LogP contribution in [0.5, 0.6) is 11.5 Å². The summed E-state index contributed by atoms with van der Waals surface area (Å²) in [6, 6.07) is 7.67. The van der Waals surface area contributed by atoms with Crippen molar-refractivity contribution in [1.29, 1.82) is 0 Å². The van der Waals surface area contributed by atoms with Gasteiger partial charge >= 0.3 is 0 Å². The predicted octanol–water partition coefficient (Wildman–Crippen LogP) is 2.03. The van der Waals surface area contributed by atoms with Gasteiger partial charge in [-0.1, -0.05) is 11.6 Å². The van der Waals surface area contributed by atoms with Gasteiger partial charge in [-0.3, -0.25) is 10.1 Å². The van der Waals surface area contributed by atoms with Crippen LogP contribution in [0.4, 0.5) is 5.69 Å². The Bertz CT molecular complexity index is 945. The number of nitro benzene ring substituents is 1. The summed E-state index contributed by atoms with van der Waals surface area (Å²) in [6.45, 7) is 2.24. The van der Waals surface area contributed by atoms with E-state index in [1.165, 1.54) is 24.3 Å². The largest absolute Gasteiger partial charge is 0.867 e. The molecular formula is C15H13ClN3O6S-. The van der Waals surface area contributed by atoms with Crippen LogP contribution in [0.15, 0.2) is 46.4 Å². The summed E-state index contributed by atoms with van der Waals surface area (Å²) in [7, 11) is -3.98. The van der Waals surface area contributed by atoms with Crippen LogP contribution in [0.2, 0.25) is 5.02 Å². The van der Waals surface area contributed by atoms with E-state index < -0.39 is 26.4 Å². The van der Waals surface area contributed by atoms with Crippen molar-refractivity contribution in [3.05, 3.63) is 57.1 Å². The average molecular weight is 399 g/mol. The molecule has 0 saturated heterocycles. The number of nitrogens with zero attached hydrogens (tertiary/aromatic N) is 2. The third kappa shape index (κ3) is 4.61. The lowest BCUT2D eigenvalue weighted by atomic mass is 10.2. The van der Waals surface area contributed by atoms with Crippen LogP contribution in [-0.4, -0.2) is 26.2 Å². The smallest absolute Gasteiger partial charge is 0.276 e. The first kappa shape index (κ1) is 19.5. The lowest BCUT2D eigenvalue weighted by Gasteiger charge is -2.11. The van der Waals surface area contributed by atoms with Crippen molar-refractivity contribution in [2.45, 2.75) is 11.8 Å². The molecule has 1 N–H and O–H groups in total. The van der Waals surface area contributed by atoms with Gasteiger partial charge < -0.3 is 9.84 Å². The lowest BCUT2D eigenvalue weighted by Crippen LogP contribution is -2.18. The van der Waals surface area contributed by atoms with Gasteiger partial charge in [0.05, 0.1) is 22.6 Å². The highest BCUT2D eigenvalue weighted by atomic mass is 35.5. The van der Waals surface area contributed by atoms with E-state index in [2.05, 4.69) is 5.10 Å². The molecule has 0 heterocycles. The topological polar surface area (TPSA) is 134 Å². The van der Waals surface area contributed by atoms with E-state index in [1.54, 1.807) is 6.92 Å². The van der Waals surface area contributed by atoms with E-state index in [1.807, 2.05) is 4.83 Å². The summed E-state index contributed by atoms with van der Waals surface area (Å²) in [5, 5.41) is 26.1. The Hall–Kier alpha value is -2.85. The zero-order valence-electron chi connectivity index (χ0n) is 13.4. The van der Waals surface area contributed by atoms with Crippen LogP contribution in [-0.2, 0) is 10.0 Å². The maximum Gasteiger partial charge on any atom is 0.276 e. The number of ether oxygens (including phenoxy) is 1. The molecule has 0 fully saturated rings. The van der Waals surface area contributed by atoms with E-state index in [0.717, 1.165) is 18.3 Å². The fourth-order valence-electron chi connectivity index (χ4n) is 1.93. The van der Waals surface area contributed by atoms with E-state index in [4.69, 9.17) is 16.3 Å². The van der Waals surface area contributed by atoms with Gasteiger partial charge in [-0.05, 0) is 48.6 Å². The van der Waals surface area contributed by atoms with Crippen LogP contribution in [0.3, 0.4) is 0 Å². The fraction of sp³-hybridized carbons (Fsp3) is 0.133. The number of nitro groups is 1. The van der Waals surface area contributed by atoms with Crippen molar-refractivity contribution in [3.8, 4) is 11.5 Å². The van der Waals surface area contributed by atoms with E-state index in [-0.39, 0.29) is 15.5 Å². The number of hydrazone groups is 1. The molecule has 138 valence electrons. The second-order valence-electron chi connectivity index (χ2n) is 4.86. The van der Waals surface area contributed by atoms with Crippen molar-refractivity contribution in [3.63, 3.8) is 0 Å². The van der Waals surface area contributed by atoms with Crippen molar-refractivity contribution in [1.82, 2.24) is 4.83 Å². The number of rotatable bonds is 7. The Balaban J connectivity index is 2.20. The van der Waals surface area contributed by atoms with Gasteiger partial charge in [0, 0.05) is 11.1 Å². The van der Waals surface area contributed by atoms with Crippen LogP contribution >= 0.6 is 11.6 Å². The maximum absolute atomic E-state index is 12.1. The fourth-order valence-corrected chi connectivity index (χ4v) is 2.94. The number of nitrogens with one attached hydrogen (secondary N) is 1. The summed E-state index contributed by atoms with van der Waals surface area (Å²) in [6.07, 6.45) is 0.854. The Kier molecular flexibility index (Phi) is 6.01. The molecule has 0 aromatic heterocycles. The third-order valence-electron chi connectivity index (χ3n) is 3.08. The molecule has 0 atom stereocenters. The number of benzene rings is 2. The molecule has 0 aliphatic carbocycles. The predicted molar refractivity (Wildman–Crippen MR) is 93.1 cm³/mol. The maximum atomic E-state index is 12.1. The van der Waals surface area contributed by atoms with Gasteiger partial charge in [0.2, 0.25) is 0 Å². The van der Waals surface area contributed by atoms with E-state index in [0.29, 0.717) is 12.4 Å². The van der Waals surface area contributed by atoms with Gasteiger partial charge in [0.15, 0.2) is 0 Å². The van der Waals surface area contributed by atoms with Gasteiger partial charge in [0.25, 0.3) is 15.7 Å². The highest BCUT2D eigenvalue weighted by Crippen LogP contribution is 2.29. The van der Waals surface area contributed by atoms with Gasteiger partial charge in [-0.2, -0.15) is 13.5 Å². The van der Waals surface area contributed by atoms with Gasteiger partial charge in [0.1, 0.15) is 5.75 Å². The molecule has 0 aliphatic heterocycles. The molecule has 0 bridgehead atoms. The summed E-state index contributed by atoms with van der Waals surface area (Å²) >= 11 is 5.72. The first-order chi connectivity index (χ1) is 12.2. The van der Waals surface area contributed by atoms with Gasteiger partial charge in [-0.15, -0.1) is 0 Å². The van der Waals surface area contributed by atoms with Crippen LogP contribution < -0.4 is 14.7 Å². The molecule has 0 spiro atoms. The molecule has 0 aliphatic rings. The summed E-state index contributed by atoms with van der Waals surface area (Å²) in [5.41, 5.74) is -0.952. The quantitative estimate of drug-likeness (QED) is 0.430. The Morgan fingerprint density at radius 3 is 2.54 bits per heavy atom. The SMILES string of the molecule is CCOc1ccc(S(=O)(=O)N/N=C\c2cc(Cl)cc([N+](=O)[O-])c2[O-])cc1. The second kappa shape index (κ2) is 8.02. The molecule has 0 unspecified atom stereocenters. The highest BCUT2D eigenvalue weighted by Gasteiger charge is 2.14. The average Bonchev–Trinajstić information content (AvgIpc) is 2.58. The highest BCUT2D eigenvalue weighted by molar-refractivity contribution is 7.89. The molecular weight excluding hydrogens is 386 g/mol. The van der Waals surface area contributed by atoms with Crippen LogP contribution in [0.1, 0.15) is 12.5 Å². The first-order valence-electron chi connectivity index (χ1n) is 7.17. The molecule has 0 radical (unpaired) electrons. The summed E-state index contributed by atoms with van der Waals surface area (Å²) < 4.78 is 29.5. The Morgan fingerprint density at radius 2 is 1.96 bits per heavy atom. The van der Waals surface area contributed by atoms with Crippen molar-refractivity contribution < 1.29 is 23.2 Å². The monoisotopic (exact) mass is 398 g/mol. The summed E-state index contributed by atoms with van der Waals surface area (Å²) in [4.78, 5) is 11.8. The molecule has 0 amide bonds. The number of halogens is 1. The normalized spacial score (nSPS) is 11.5. The molecule has 2 aromatic rings. The summed E-state index contributed by atoms with van der Waals surface area (Å²) in [5.74, 6) is -0.416. The molecule has 0 saturated carbocycles. The minimum atomic E-state index is -3.98. The van der Waals surface area contributed by atoms with Crippen LogP contribution in [0, 0.1) is 10.1 Å². The molecule has 2 aromatic carbocycles. The molecule has 26 heavy (non-hydrogen) atoms. The standard InChI is InChI=1S/C15H14ClN3O6S/c1-2-25-12-3-5-13(6-4-12)26(23,24)18-17-9-10-7-11(16)8-14(15(10)20)19(21)22/h3-9,18,20H,2H2,1H3/p-1/b17-9-. The third-order valence-corrected chi connectivity index (χ3v) is 4.54. The molecule has 9 nitrogen and oxygen atoms in total. The van der Waals surface area contributed by atoms with E-state index in [9.17, 15) is 23.6 Å². The molecule has 2 rings (SSSR count). The van der Waals surface area contributed by atoms with Crippen molar-refractivity contribution in [2.75, 3.05) is 6.61 Å². The number of hydrogen-bond acceptors (Lipinski definition) is 7. The zero-order chi connectivity index (χ0) is 19.3. The first-order valence-corrected chi connectivity index (χ1v) is 9.03. The Labute approximate surface area is 154 Å². The lowest BCUT2D eigenvalue weighted by molar-refractivity contribution is -0.398. The van der Waals surface area contributed by atoms with Gasteiger partial charge in [-0.25, -0.2) is 4.83 Å². The second-order valence-corrected chi connectivity index (χ2v) is 6.96.